The van der Waals surface area contributed by atoms with Crippen LogP contribution in [0.15, 0.2) is 23.5 Å². The Morgan fingerprint density at radius 3 is 2.00 bits per heavy atom. The van der Waals surface area contributed by atoms with Crippen molar-refractivity contribution in [3.63, 3.8) is 0 Å². The quantitative estimate of drug-likeness (QED) is 0.432. The van der Waals surface area contributed by atoms with Crippen molar-refractivity contribution in [3.8, 4) is 0 Å². The molecule has 0 aromatic carbocycles. The molecule has 0 N–H and O–H groups in total. The van der Waals surface area contributed by atoms with Crippen molar-refractivity contribution in [2.45, 2.75) is 27.2 Å². The van der Waals surface area contributed by atoms with Crippen molar-refractivity contribution in [2.24, 2.45) is 0 Å². The first kappa shape index (κ1) is 9.28. The van der Waals surface area contributed by atoms with Crippen molar-refractivity contribution in [3.05, 3.63) is 23.5 Å². The summed E-state index contributed by atoms with van der Waals surface area (Å²) in [6.45, 7) is 6.14. The Hall–Kier alpha value is -0.720. The van der Waals surface area contributed by atoms with Gasteiger partial charge in [0.25, 0.3) is 0 Å². The van der Waals surface area contributed by atoms with E-state index in [9.17, 15) is 0 Å². The maximum atomic E-state index is 5.14. The van der Waals surface area contributed by atoms with Crippen LogP contribution in [0.4, 0.5) is 0 Å². The van der Waals surface area contributed by atoms with E-state index in [1.807, 2.05) is 19.9 Å². The molecule has 0 rings (SSSR count). The zero-order chi connectivity index (χ0) is 7.98. The highest BCUT2D eigenvalue weighted by molar-refractivity contribution is 5.23. The van der Waals surface area contributed by atoms with Crippen LogP contribution in [0.2, 0.25) is 0 Å². The van der Waals surface area contributed by atoms with E-state index >= 15 is 0 Å². The van der Waals surface area contributed by atoms with Crippen molar-refractivity contribution < 1.29 is 4.74 Å². The van der Waals surface area contributed by atoms with Crippen molar-refractivity contribution >= 4 is 0 Å². The molecule has 1 heteroatoms. The van der Waals surface area contributed by atoms with E-state index in [2.05, 4.69) is 13.0 Å². The summed E-state index contributed by atoms with van der Waals surface area (Å²) in [6, 6.07) is 0. The average Bonchev–Trinajstić information content (AvgIpc) is 2.00. The second-order valence-corrected chi connectivity index (χ2v) is 2.02. The molecule has 0 saturated carbocycles. The first-order valence-electron chi connectivity index (χ1n) is 3.66. The zero-order valence-electron chi connectivity index (χ0n) is 7.27. The Morgan fingerprint density at radius 1 is 1.30 bits per heavy atom. The minimum Gasteiger partial charge on any atom is -0.497 e. The van der Waals surface area contributed by atoms with E-state index in [1.165, 1.54) is 5.57 Å². The lowest BCUT2D eigenvalue weighted by Gasteiger charge is -2.06. The number of hydrogen-bond donors (Lipinski definition) is 0. The van der Waals surface area contributed by atoms with E-state index in [0.29, 0.717) is 0 Å². The molecule has 0 fully saturated rings. The molecule has 1 nitrogen and oxygen atoms in total. The summed E-state index contributed by atoms with van der Waals surface area (Å²) in [6.07, 6.45) is 5.10. The fourth-order valence-corrected chi connectivity index (χ4v) is 0.955. The normalized spacial score (nSPS) is 13.6. The third-order valence-corrected chi connectivity index (χ3v) is 1.53. The first-order valence-corrected chi connectivity index (χ1v) is 3.66. The highest BCUT2D eigenvalue weighted by Gasteiger charge is 1.97. The minimum atomic E-state index is 0.991. The maximum Gasteiger partial charge on any atom is 0.117 e. The monoisotopic (exact) mass is 140 g/mol. The third-order valence-electron chi connectivity index (χ3n) is 1.53. The summed E-state index contributed by atoms with van der Waals surface area (Å²) in [5.74, 6) is 0.991. The molecule has 0 aromatic heterocycles. The molecule has 0 unspecified atom stereocenters. The van der Waals surface area contributed by atoms with Crippen molar-refractivity contribution in [1.29, 1.82) is 0 Å². The molecule has 0 aromatic rings. The van der Waals surface area contributed by atoms with Crippen LogP contribution in [0, 0.1) is 0 Å². The Bertz CT molecular complexity index is 125. The van der Waals surface area contributed by atoms with Crippen molar-refractivity contribution in [1.82, 2.24) is 0 Å². The highest BCUT2D eigenvalue weighted by Crippen LogP contribution is 2.13. The number of ether oxygens (including phenoxy) is 1. The Kier molecular flexibility index (Phi) is 4.73. The highest BCUT2D eigenvalue weighted by atomic mass is 16.5. The van der Waals surface area contributed by atoms with E-state index in [1.54, 1.807) is 7.11 Å². The molecule has 0 amide bonds. The second-order valence-electron chi connectivity index (χ2n) is 2.02. The lowest BCUT2D eigenvalue weighted by atomic mass is 10.1. The topological polar surface area (TPSA) is 9.23 Å². The van der Waals surface area contributed by atoms with E-state index in [-0.39, 0.29) is 0 Å². The van der Waals surface area contributed by atoms with Gasteiger partial charge in [0, 0.05) is 0 Å². The van der Waals surface area contributed by atoms with Crippen LogP contribution in [0.5, 0.6) is 0 Å². The second kappa shape index (κ2) is 5.10. The molecule has 10 heavy (non-hydrogen) atoms. The maximum absolute atomic E-state index is 5.14. The molecule has 0 spiro atoms. The molecule has 58 valence electrons. The molecule has 0 aliphatic rings. The van der Waals surface area contributed by atoms with Crippen LogP contribution in [0.25, 0.3) is 0 Å². The molecule has 0 bridgehead atoms. The molecule has 0 saturated heterocycles. The molecule has 0 aliphatic carbocycles. The van der Waals surface area contributed by atoms with Crippen LogP contribution in [-0.2, 0) is 4.74 Å². The van der Waals surface area contributed by atoms with Gasteiger partial charge in [0.15, 0.2) is 0 Å². The summed E-state index contributed by atoms with van der Waals surface area (Å²) in [5, 5.41) is 0. The molecular weight excluding hydrogens is 124 g/mol. The molecule has 0 aliphatic heterocycles. The van der Waals surface area contributed by atoms with Gasteiger partial charge in [0.05, 0.1) is 7.11 Å². The molecule has 0 radical (unpaired) electrons. The zero-order valence-corrected chi connectivity index (χ0v) is 7.27. The van der Waals surface area contributed by atoms with Crippen LogP contribution >= 0.6 is 0 Å². The van der Waals surface area contributed by atoms with E-state index in [0.717, 1.165) is 12.2 Å². The predicted octanol–water partition coefficient (Wildman–Crippen LogP) is 2.89. The van der Waals surface area contributed by atoms with Crippen LogP contribution in [0.1, 0.15) is 27.2 Å². The SMILES string of the molecule is C/C=C(CC)\C(=C/C)OC. The van der Waals surface area contributed by atoms with Crippen LogP contribution in [0.3, 0.4) is 0 Å². The van der Waals surface area contributed by atoms with Gasteiger partial charge in [-0.25, -0.2) is 0 Å². The number of hydrogen-bond acceptors (Lipinski definition) is 1. The van der Waals surface area contributed by atoms with Gasteiger partial charge in [-0.1, -0.05) is 13.0 Å². The summed E-state index contributed by atoms with van der Waals surface area (Å²) < 4.78 is 5.14. The molecular formula is C9H16O. The summed E-state index contributed by atoms with van der Waals surface area (Å²) in [4.78, 5) is 0. The standard InChI is InChI=1S/C9H16O/c1-5-8(6-2)9(7-3)10-4/h5,7H,6H2,1-4H3/b8-5-,9-7+. The van der Waals surface area contributed by atoms with E-state index < -0.39 is 0 Å². The fraction of sp³-hybridized carbons (Fsp3) is 0.556. The molecule has 0 heterocycles. The largest absolute Gasteiger partial charge is 0.497 e. The predicted molar refractivity (Wildman–Crippen MR) is 44.8 cm³/mol. The van der Waals surface area contributed by atoms with Crippen molar-refractivity contribution in [2.75, 3.05) is 7.11 Å². The number of methoxy groups -OCH3 is 1. The number of allylic oxidation sites excluding steroid dienone is 3. The third kappa shape index (κ3) is 2.26. The summed E-state index contributed by atoms with van der Waals surface area (Å²) in [7, 11) is 1.70. The van der Waals surface area contributed by atoms with Gasteiger partial charge < -0.3 is 4.74 Å². The summed E-state index contributed by atoms with van der Waals surface area (Å²) in [5.41, 5.74) is 1.27. The molecule has 0 atom stereocenters. The Balaban J connectivity index is 4.27. The van der Waals surface area contributed by atoms with Gasteiger partial charge in [-0.2, -0.15) is 0 Å². The Morgan fingerprint density at radius 2 is 1.90 bits per heavy atom. The minimum absolute atomic E-state index is 0.991. The van der Waals surface area contributed by atoms with Gasteiger partial charge in [-0.05, 0) is 31.9 Å². The Labute approximate surface area is 63.4 Å². The first-order chi connectivity index (χ1) is 4.79. The smallest absolute Gasteiger partial charge is 0.117 e. The van der Waals surface area contributed by atoms with Crippen LogP contribution < -0.4 is 0 Å². The lowest BCUT2D eigenvalue weighted by Crippen LogP contribution is -1.89. The van der Waals surface area contributed by atoms with Gasteiger partial charge in [0.1, 0.15) is 5.76 Å². The average molecular weight is 140 g/mol. The lowest BCUT2D eigenvalue weighted by molar-refractivity contribution is 0.298. The van der Waals surface area contributed by atoms with Gasteiger partial charge in [-0.15, -0.1) is 0 Å². The van der Waals surface area contributed by atoms with Gasteiger partial charge >= 0.3 is 0 Å². The fourth-order valence-electron chi connectivity index (χ4n) is 0.955. The van der Waals surface area contributed by atoms with Gasteiger partial charge in [0.2, 0.25) is 0 Å². The summed E-state index contributed by atoms with van der Waals surface area (Å²) >= 11 is 0. The van der Waals surface area contributed by atoms with Crippen LogP contribution in [-0.4, -0.2) is 7.11 Å². The van der Waals surface area contributed by atoms with E-state index in [4.69, 9.17) is 4.74 Å². The number of rotatable bonds is 3. The van der Waals surface area contributed by atoms with Gasteiger partial charge in [-0.3, -0.25) is 0 Å².